The number of ether oxygens (including phenoxy) is 4. The molecule has 142 valence electrons. The summed E-state index contributed by atoms with van der Waals surface area (Å²) in [6.07, 6.45) is -0.399. The summed E-state index contributed by atoms with van der Waals surface area (Å²) in [7, 11) is 0.224. The quantitative estimate of drug-likeness (QED) is 0.562. The number of hydrogen-bond donors (Lipinski definition) is 0. The SMILES string of the molecule is COc1ccc(COc2ccc(C#C[Si](C)(C)C)cc2C2OCCO2)cc1. The lowest BCUT2D eigenvalue weighted by Gasteiger charge is -2.16. The number of rotatable bonds is 5. The van der Waals surface area contributed by atoms with E-state index in [4.69, 9.17) is 18.9 Å². The van der Waals surface area contributed by atoms with Gasteiger partial charge in [-0.15, -0.1) is 5.54 Å². The van der Waals surface area contributed by atoms with Crippen molar-refractivity contribution in [3.63, 3.8) is 0 Å². The maximum absolute atomic E-state index is 6.07. The molecular formula is C22H26O4Si. The van der Waals surface area contributed by atoms with Crippen molar-refractivity contribution in [3.05, 3.63) is 59.2 Å². The van der Waals surface area contributed by atoms with Gasteiger partial charge in [0.1, 0.15) is 26.2 Å². The zero-order valence-electron chi connectivity index (χ0n) is 16.4. The first-order valence-corrected chi connectivity index (χ1v) is 12.6. The summed E-state index contributed by atoms with van der Waals surface area (Å²) in [4.78, 5) is 0. The molecule has 0 radical (unpaired) electrons. The van der Waals surface area contributed by atoms with Gasteiger partial charge in [-0.25, -0.2) is 0 Å². The molecule has 1 saturated heterocycles. The van der Waals surface area contributed by atoms with Crippen LogP contribution >= 0.6 is 0 Å². The van der Waals surface area contributed by atoms with Gasteiger partial charge in [-0.3, -0.25) is 0 Å². The second kappa shape index (κ2) is 8.62. The van der Waals surface area contributed by atoms with Crippen LogP contribution in [0.3, 0.4) is 0 Å². The molecule has 0 spiro atoms. The third kappa shape index (κ3) is 5.60. The Kier molecular flexibility index (Phi) is 6.22. The van der Waals surface area contributed by atoms with Gasteiger partial charge in [0.2, 0.25) is 0 Å². The highest BCUT2D eigenvalue weighted by atomic mass is 28.3. The Labute approximate surface area is 162 Å². The average Bonchev–Trinajstić information content (AvgIpc) is 3.19. The van der Waals surface area contributed by atoms with Gasteiger partial charge in [0, 0.05) is 5.56 Å². The minimum absolute atomic E-state index is 0.399. The number of methoxy groups -OCH3 is 1. The van der Waals surface area contributed by atoms with Crippen LogP contribution in [0.1, 0.15) is 23.0 Å². The molecule has 0 atom stereocenters. The van der Waals surface area contributed by atoms with Gasteiger partial charge in [-0.1, -0.05) is 37.7 Å². The molecule has 0 aromatic heterocycles. The highest BCUT2D eigenvalue weighted by Crippen LogP contribution is 2.32. The highest BCUT2D eigenvalue weighted by molar-refractivity contribution is 6.83. The van der Waals surface area contributed by atoms with Crippen LogP contribution in [0.15, 0.2) is 42.5 Å². The third-order valence-electron chi connectivity index (χ3n) is 4.02. The molecule has 2 aromatic rings. The predicted octanol–water partition coefficient (Wildman–Crippen LogP) is 4.55. The normalized spacial score (nSPS) is 14.5. The summed E-state index contributed by atoms with van der Waals surface area (Å²) in [5, 5.41) is 0. The highest BCUT2D eigenvalue weighted by Gasteiger charge is 2.23. The Balaban J connectivity index is 1.80. The van der Waals surface area contributed by atoms with E-state index >= 15 is 0 Å². The van der Waals surface area contributed by atoms with E-state index < -0.39 is 14.4 Å². The molecule has 2 aromatic carbocycles. The Bertz CT molecular complexity index is 822. The molecule has 1 aliphatic heterocycles. The third-order valence-corrected chi connectivity index (χ3v) is 4.90. The second-order valence-electron chi connectivity index (χ2n) is 7.46. The summed E-state index contributed by atoms with van der Waals surface area (Å²) in [6, 6.07) is 13.8. The largest absolute Gasteiger partial charge is 0.497 e. The van der Waals surface area contributed by atoms with Crippen molar-refractivity contribution in [2.75, 3.05) is 20.3 Å². The molecule has 0 N–H and O–H groups in total. The zero-order chi connectivity index (χ0) is 19.3. The van der Waals surface area contributed by atoms with Crippen LogP contribution < -0.4 is 9.47 Å². The second-order valence-corrected chi connectivity index (χ2v) is 12.2. The number of hydrogen-bond acceptors (Lipinski definition) is 4. The molecule has 1 aliphatic rings. The van der Waals surface area contributed by atoms with Gasteiger partial charge in [0.25, 0.3) is 0 Å². The lowest BCUT2D eigenvalue weighted by Crippen LogP contribution is -2.16. The maximum Gasteiger partial charge on any atom is 0.187 e. The van der Waals surface area contributed by atoms with Crippen molar-refractivity contribution >= 4 is 8.07 Å². The topological polar surface area (TPSA) is 36.9 Å². The molecule has 0 bridgehead atoms. The molecule has 27 heavy (non-hydrogen) atoms. The van der Waals surface area contributed by atoms with Gasteiger partial charge < -0.3 is 18.9 Å². The standard InChI is InChI=1S/C22H26O4Si/c1-23-19-8-5-18(6-9-19)16-26-21-10-7-17(11-14-27(2,3)4)15-20(21)22-24-12-13-25-22/h5-10,15,22H,12-13,16H2,1-4H3. The van der Waals surface area contributed by atoms with Crippen LogP contribution in [0.5, 0.6) is 11.5 Å². The van der Waals surface area contributed by atoms with Gasteiger partial charge in [-0.2, -0.15) is 0 Å². The Morgan fingerprint density at radius 2 is 1.74 bits per heavy atom. The van der Waals surface area contributed by atoms with E-state index in [0.717, 1.165) is 28.2 Å². The first-order chi connectivity index (χ1) is 12.9. The zero-order valence-corrected chi connectivity index (χ0v) is 17.4. The smallest absolute Gasteiger partial charge is 0.187 e. The molecule has 1 fully saturated rings. The van der Waals surface area contributed by atoms with Crippen molar-refractivity contribution in [1.82, 2.24) is 0 Å². The van der Waals surface area contributed by atoms with Gasteiger partial charge in [-0.05, 0) is 35.9 Å². The van der Waals surface area contributed by atoms with Crippen LogP contribution in [0.25, 0.3) is 0 Å². The summed E-state index contributed by atoms with van der Waals surface area (Å²) < 4.78 is 22.7. The Hall–Kier alpha value is -2.26. The first kappa shape index (κ1) is 19.5. The predicted molar refractivity (Wildman–Crippen MR) is 109 cm³/mol. The van der Waals surface area contributed by atoms with E-state index in [1.54, 1.807) is 7.11 Å². The summed E-state index contributed by atoms with van der Waals surface area (Å²) >= 11 is 0. The Morgan fingerprint density at radius 1 is 1.04 bits per heavy atom. The van der Waals surface area contributed by atoms with Gasteiger partial charge >= 0.3 is 0 Å². The molecule has 0 unspecified atom stereocenters. The first-order valence-electron chi connectivity index (χ1n) is 9.11. The summed E-state index contributed by atoms with van der Waals surface area (Å²) in [5.41, 5.74) is 6.32. The molecule has 5 heteroatoms. The molecule has 4 nitrogen and oxygen atoms in total. The summed E-state index contributed by atoms with van der Waals surface area (Å²) in [6.45, 7) is 8.34. The van der Waals surface area contributed by atoms with E-state index in [0.29, 0.717) is 19.8 Å². The van der Waals surface area contributed by atoms with Crippen molar-refractivity contribution in [3.8, 4) is 23.0 Å². The fraction of sp³-hybridized carbons (Fsp3) is 0.364. The molecule has 0 amide bonds. The van der Waals surface area contributed by atoms with Gasteiger partial charge in [0.15, 0.2) is 6.29 Å². The fourth-order valence-corrected chi connectivity index (χ4v) is 3.14. The fourth-order valence-electron chi connectivity index (χ4n) is 2.62. The lowest BCUT2D eigenvalue weighted by molar-refractivity contribution is -0.0458. The van der Waals surface area contributed by atoms with Crippen molar-refractivity contribution in [1.29, 1.82) is 0 Å². The van der Waals surface area contributed by atoms with Crippen LogP contribution in [0.4, 0.5) is 0 Å². The van der Waals surface area contributed by atoms with Crippen LogP contribution in [0.2, 0.25) is 19.6 Å². The summed E-state index contributed by atoms with van der Waals surface area (Å²) in [5.74, 6) is 4.88. The van der Waals surface area contributed by atoms with Crippen LogP contribution in [-0.4, -0.2) is 28.4 Å². The van der Waals surface area contributed by atoms with Crippen LogP contribution in [-0.2, 0) is 16.1 Å². The van der Waals surface area contributed by atoms with Gasteiger partial charge in [0.05, 0.1) is 25.9 Å². The van der Waals surface area contributed by atoms with Crippen LogP contribution in [0, 0.1) is 11.5 Å². The monoisotopic (exact) mass is 382 g/mol. The maximum atomic E-state index is 6.07. The molecule has 0 saturated carbocycles. The minimum Gasteiger partial charge on any atom is -0.497 e. The lowest BCUT2D eigenvalue weighted by atomic mass is 10.1. The van der Waals surface area contributed by atoms with E-state index in [1.807, 2.05) is 42.5 Å². The molecule has 1 heterocycles. The Morgan fingerprint density at radius 3 is 2.37 bits per heavy atom. The van der Waals surface area contributed by atoms with Crippen molar-refractivity contribution in [2.24, 2.45) is 0 Å². The van der Waals surface area contributed by atoms with E-state index in [-0.39, 0.29) is 0 Å². The van der Waals surface area contributed by atoms with E-state index in [2.05, 4.69) is 31.1 Å². The van der Waals surface area contributed by atoms with Crippen molar-refractivity contribution < 1.29 is 18.9 Å². The molecule has 0 aliphatic carbocycles. The van der Waals surface area contributed by atoms with E-state index in [9.17, 15) is 0 Å². The van der Waals surface area contributed by atoms with Crippen molar-refractivity contribution in [2.45, 2.75) is 32.5 Å². The minimum atomic E-state index is -1.43. The molecule has 3 rings (SSSR count). The van der Waals surface area contributed by atoms with E-state index in [1.165, 1.54) is 0 Å². The average molecular weight is 383 g/mol. The number of benzene rings is 2. The molecular weight excluding hydrogens is 356 g/mol.